The van der Waals surface area contributed by atoms with Crippen molar-refractivity contribution in [3.63, 3.8) is 0 Å². The Morgan fingerprint density at radius 1 is 0.591 bits per heavy atom. The van der Waals surface area contributed by atoms with Crippen LogP contribution in [0, 0.1) is 10.8 Å². The molecular weight excluding hydrogens is 841 g/mol. The van der Waals surface area contributed by atoms with Crippen LogP contribution >= 0.6 is 0 Å². The zero-order valence-corrected chi connectivity index (χ0v) is 39.5. The van der Waals surface area contributed by atoms with Crippen LogP contribution in [0.5, 0.6) is 23.0 Å². The normalized spacial score (nSPS) is 20.0. The Kier molecular flexibility index (Phi) is 14.7. The number of fused-ring (bicyclic) bond motifs is 12. The molecule has 2 aliphatic carbocycles. The van der Waals surface area contributed by atoms with Crippen LogP contribution in [0.2, 0.25) is 0 Å². The predicted octanol–water partition coefficient (Wildman–Crippen LogP) is 9.16. The van der Waals surface area contributed by atoms with Gasteiger partial charge < -0.3 is 49.8 Å². The second-order valence-corrected chi connectivity index (χ2v) is 19.7. The van der Waals surface area contributed by atoms with Crippen LogP contribution in [0.25, 0.3) is 22.5 Å². The summed E-state index contributed by atoms with van der Waals surface area (Å²) < 4.78 is 27.6. The van der Waals surface area contributed by atoms with Crippen LogP contribution in [0.15, 0.2) is 58.4 Å². The molecule has 0 saturated heterocycles. The molecule has 2 saturated carbocycles. The van der Waals surface area contributed by atoms with E-state index in [2.05, 4.69) is 39.8 Å². The lowest BCUT2D eigenvalue weighted by atomic mass is 9.77. The Morgan fingerprint density at radius 2 is 0.970 bits per heavy atom. The molecule has 14 heteroatoms. The van der Waals surface area contributed by atoms with E-state index < -0.39 is 22.8 Å². The Bertz CT molecular complexity index is 2380. The SMILES string of the molecule is COc1cc2c(cc1OCCCCCCN)[C@@H]1CCC(C)(C)[C@@H]1n1cc(C(=O)O)c(=O)cc1-2.COc1cc2c(cc1OCCCCCCN)[C@H]1CCC(C)(C)[C@H]1n1cc(C(=O)O)c(=O)cc1-2. The number of ether oxygens (including phenoxy) is 4. The quantitative estimate of drug-likeness (QED) is 0.0690. The molecule has 4 aromatic rings. The van der Waals surface area contributed by atoms with Gasteiger partial charge in [0, 0.05) is 59.6 Å². The van der Waals surface area contributed by atoms with E-state index in [1.165, 1.54) is 24.5 Å². The first-order chi connectivity index (χ1) is 31.6. The first-order valence-electron chi connectivity index (χ1n) is 23.7. The van der Waals surface area contributed by atoms with E-state index in [-0.39, 0.29) is 45.9 Å². The zero-order valence-electron chi connectivity index (χ0n) is 39.5. The molecule has 66 heavy (non-hydrogen) atoms. The number of carbonyl (C=O) groups is 2. The minimum atomic E-state index is -1.19. The number of benzene rings is 2. The molecule has 0 unspecified atom stereocenters. The molecule has 14 nitrogen and oxygen atoms in total. The highest BCUT2D eigenvalue weighted by Gasteiger charge is 2.49. The lowest BCUT2D eigenvalue weighted by molar-refractivity contribution is 0.0683. The number of aromatic carboxylic acids is 2. The molecular formula is C52H68N4O10. The second-order valence-electron chi connectivity index (χ2n) is 19.7. The topological polar surface area (TPSA) is 208 Å². The van der Waals surface area contributed by atoms with Gasteiger partial charge in [-0.05, 0) is 111 Å². The van der Waals surface area contributed by atoms with Crippen LogP contribution in [0.1, 0.15) is 161 Å². The van der Waals surface area contributed by atoms with Gasteiger partial charge in [-0.2, -0.15) is 0 Å². The molecule has 4 atom stereocenters. The number of carboxylic acids is 2. The molecule has 6 N–H and O–H groups in total. The van der Waals surface area contributed by atoms with Crippen LogP contribution in [0.3, 0.4) is 0 Å². The van der Waals surface area contributed by atoms with Crippen molar-refractivity contribution in [2.24, 2.45) is 22.3 Å². The molecule has 0 spiro atoms. The summed E-state index contributed by atoms with van der Waals surface area (Å²) in [5, 5.41) is 19.1. The second kappa shape index (κ2) is 20.1. The highest BCUT2D eigenvalue weighted by molar-refractivity contribution is 5.88. The van der Waals surface area contributed by atoms with E-state index in [9.17, 15) is 29.4 Å². The van der Waals surface area contributed by atoms with Crippen molar-refractivity contribution < 1.29 is 38.7 Å². The molecule has 0 bridgehead atoms. The monoisotopic (exact) mass is 908 g/mol. The lowest BCUT2D eigenvalue weighted by Crippen LogP contribution is -2.32. The number of nitrogens with two attached hydrogens (primary N) is 2. The van der Waals surface area contributed by atoms with Gasteiger partial charge in [-0.1, -0.05) is 53.4 Å². The van der Waals surface area contributed by atoms with Gasteiger partial charge in [-0.15, -0.1) is 0 Å². The van der Waals surface area contributed by atoms with Crippen molar-refractivity contribution in [3.8, 4) is 45.5 Å². The number of pyridine rings is 2. The zero-order chi connectivity index (χ0) is 47.5. The Hall–Kier alpha value is -5.60. The van der Waals surface area contributed by atoms with E-state index in [0.717, 1.165) is 135 Å². The number of nitrogens with zero attached hydrogens (tertiary/aromatic N) is 2. The lowest BCUT2D eigenvalue weighted by Gasteiger charge is -2.40. The molecule has 2 fully saturated rings. The molecule has 0 amide bonds. The number of methoxy groups -OCH3 is 2. The number of unbranched alkanes of at least 4 members (excludes halogenated alkanes) is 6. The number of rotatable bonds is 18. The maximum Gasteiger partial charge on any atom is 0.341 e. The van der Waals surface area contributed by atoms with Crippen molar-refractivity contribution >= 4 is 11.9 Å². The third kappa shape index (κ3) is 9.49. The summed E-state index contributed by atoms with van der Waals surface area (Å²) in [7, 11) is 3.22. The number of hydrogen-bond donors (Lipinski definition) is 4. The highest BCUT2D eigenvalue weighted by atomic mass is 16.5. The number of aromatic nitrogens is 2. The fourth-order valence-electron chi connectivity index (χ4n) is 11.2. The Labute approximate surface area is 387 Å². The molecule has 4 aliphatic rings. The van der Waals surface area contributed by atoms with Gasteiger partial charge in [0.25, 0.3) is 0 Å². The average Bonchev–Trinajstić information content (AvgIpc) is 3.79. The maximum atomic E-state index is 12.6. The van der Waals surface area contributed by atoms with E-state index in [1.54, 1.807) is 14.2 Å². The standard InChI is InChI=1S/2C26H34N2O5/c2*1-26(2)9-8-16-17-12-23(33-11-7-5-4-6-10-27)22(32-3)13-18(17)20-14-21(29)19(25(30)31)15-28(20)24(16)26/h2*12-16,24H,4-11,27H2,1-3H3,(H,30,31)/t2*16-,24+/m10/s1. The first kappa shape index (κ1) is 48.3. The van der Waals surface area contributed by atoms with Crippen LogP contribution in [-0.2, 0) is 0 Å². The van der Waals surface area contributed by atoms with Gasteiger partial charge in [0.15, 0.2) is 33.9 Å². The molecule has 356 valence electrons. The summed E-state index contributed by atoms with van der Waals surface area (Å²) in [6.07, 6.45) is 15.4. The largest absolute Gasteiger partial charge is 0.493 e. The van der Waals surface area contributed by atoms with Crippen molar-refractivity contribution in [1.29, 1.82) is 0 Å². The van der Waals surface area contributed by atoms with E-state index >= 15 is 0 Å². The smallest absolute Gasteiger partial charge is 0.341 e. The van der Waals surface area contributed by atoms with Gasteiger partial charge in [-0.3, -0.25) is 9.59 Å². The average molecular weight is 909 g/mol. The van der Waals surface area contributed by atoms with Gasteiger partial charge in [0.1, 0.15) is 11.1 Å². The van der Waals surface area contributed by atoms with Crippen molar-refractivity contribution in [3.05, 3.63) is 91.5 Å². The van der Waals surface area contributed by atoms with Gasteiger partial charge >= 0.3 is 11.9 Å². The third-order valence-corrected chi connectivity index (χ3v) is 14.5. The van der Waals surface area contributed by atoms with Crippen LogP contribution in [0.4, 0.5) is 0 Å². The molecule has 8 rings (SSSR count). The van der Waals surface area contributed by atoms with Gasteiger partial charge in [0.05, 0.1) is 38.8 Å². The minimum absolute atomic E-state index is 0.0358. The van der Waals surface area contributed by atoms with Crippen LogP contribution < -0.4 is 41.3 Å². The first-order valence-corrected chi connectivity index (χ1v) is 23.7. The van der Waals surface area contributed by atoms with Crippen molar-refractivity contribution in [2.75, 3.05) is 40.5 Å². The molecule has 4 heterocycles. The van der Waals surface area contributed by atoms with Gasteiger partial charge in [0.2, 0.25) is 0 Å². The molecule has 2 aromatic heterocycles. The van der Waals surface area contributed by atoms with E-state index in [4.69, 9.17) is 30.4 Å². The van der Waals surface area contributed by atoms with Gasteiger partial charge in [-0.25, -0.2) is 9.59 Å². The predicted molar refractivity (Wildman–Crippen MR) is 255 cm³/mol. The van der Waals surface area contributed by atoms with Crippen LogP contribution in [-0.4, -0.2) is 71.8 Å². The summed E-state index contributed by atoms with van der Waals surface area (Å²) >= 11 is 0. The summed E-state index contributed by atoms with van der Waals surface area (Å²) in [6, 6.07) is 11.1. The summed E-state index contributed by atoms with van der Waals surface area (Å²) in [6.45, 7) is 11.5. The summed E-state index contributed by atoms with van der Waals surface area (Å²) in [5.74, 6) is 0.713. The fourth-order valence-corrected chi connectivity index (χ4v) is 11.2. The molecule has 0 radical (unpaired) electrons. The van der Waals surface area contributed by atoms with Crippen molar-refractivity contribution in [1.82, 2.24) is 9.13 Å². The minimum Gasteiger partial charge on any atom is -0.493 e. The summed E-state index contributed by atoms with van der Waals surface area (Å²) in [4.78, 5) is 48.6. The number of carboxylic acid groups (broad SMARTS) is 2. The maximum absolute atomic E-state index is 12.6. The summed E-state index contributed by atoms with van der Waals surface area (Å²) in [5.41, 5.74) is 15.3. The molecule has 2 aromatic carbocycles. The van der Waals surface area contributed by atoms with Crippen molar-refractivity contribution in [2.45, 2.75) is 129 Å². The third-order valence-electron chi connectivity index (χ3n) is 14.5. The van der Waals surface area contributed by atoms with E-state index in [1.807, 2.05) is 21.3 Å². The highest BCUT2D eigenvalue weighted by Crippen LogP contribution is 2.61. The Balaban J connectivity index is 0.000000196. The number of hydrogen-bond acceptors (Lipinski definition) is 10. The van der Waals surface area contributed by atoms with E-state index in [0.29, 0.717) is 24.7 Å². The molecule has 2 aliphatic heterocycles. The fraction of sp³-hybridized carbons (Fsp3) is 0.538. The Morgan fingerprint density at radius 3 is 1.32 bits per heavy atom.